The third kappa shape index (κ3) is 3.76. The number of aryl methyl sites for hydroxylation is 2. The Bertz CT molecular complexity index is 569. The van der Waals surface area contributed by atoms with E-state index in [2.05, 4.69) is 43.1 Å². The van der Waals surface area contributed by atoms with Crippen LogP contribution in [-0.2, 0) is 4.84 Å². The number of aliphatic imine (C=N–C) groups is 1. The normalized spacial score (nSPS) is 18.0. The van der Waals surface area contributed by atoms with Crippen LogP contribution in [-0.4, -0.2) is 42.5 Å². The molecule has 2 rings (SSSR count). The molecule has 4 nitrogen and oxygen atoms in total. The average Bonchev–Trinajstić information content (AvgIpc) is 2.96. The fraction of sp³-hybridized carbons (Fsp3) is 0.500. The van der Waals surface area contributed by atoms with Crippen LogP contribution in [0.1, 0.15) is 30.0 Å². The predicted molar refractivity (Wildman–Crippen MR) is 89.1 cm³/mol. The lowest BCUT2D eigenvalue weighted by molar-refractivity contribution is 0.102. The van der Waals surface area contributed by atoms with Gasteiger partial charge in [-0.2, -0.15) is 0 Å². The summed E-state index contributed by atoms with van der Waals surface area (Å²) in [6.07, 6.45) is 2.63. The molecule has 0 bridgehead atoms. The van der Waals surface area contributed by atoms with Crippen LogP contribution in [0.2, 0.25) is 0 Å². The number of rotatable bonds is 5. The van der Waals surface area contributed by atoms with Crippen molar-refractivity contribution in [1.82, 2.24) is 4.90 Å². The van der Waals surface area contributed by atoms with Gasteiger partial charge in [0.25, 0.3) is 0 Å². The lowest BCUT2D eigenvalue weighted by Gasteiger charge is -2.11. The van der Waals surface area contributed by atoms with Crippen molar-refractivity contribution in [1.29, 1.82) is 0 Å². The SMILES string of the molecule is CCN(C)C=Nc1cc(C)c(C2=NOC(CCl)C2)cc1C. The van der Waals surface area contributed by atoms with Gasteiger partial charge < -0.3 is 9.74 Å². The number of alkyl halides is 1. The van der Waals surface area contributed by atoms with E-state index < -0.39 is 0 Å². The molecule has 1 heterocycles. The maximum absolute atomic E-state index is 5.82. The molecule has 1 aliphatic heterocycles. The average molecular weight is 308 g/mol. The van der Waals surface area contributed by atoms with Crippen molar-refractivity contribution in [2.45, 2.75) is 33.3 Å². The molecule has 0 saturated carbocycles. The van der Waals surface area contributed by atoms with Crippen molar-refractivity contribution in [3.8, 4) is 0 Å². The van der Waals surface area contributed by atoms with Gasteiger partial charge in [0.05, 0.1) is 23.6 Å². The maximum Gasteiger partial charge on any atom is 0.146 e. The molecule has 0 saturated heterocycles. The second kappa shape index (κ2) is 6.94. The van der Waals surface area contributed by atoms with Crippen molar-refractivity contribution in [2.24, 2.45) is 10.1 Å². The van der Waals surface area contributed by atoms with Gasteiger partial charge in [-0.15, -0.1) is 11.6 Å². The monoisotopic (exact) mass is 307 g/mol. The Morgan fingerprint density at radius 1 is 1.43 bits per heavy atom. The highest BCUT2D eigenvalue weighted by Gasteiger charge is 2.22. The smallest absolute Gasteiger partial charge is 0.146 e. The molecule has 1 aromatic carbocycles. The minimum absolute atomic E-state index is 0.00252. The van der Waals surface area contributed by atoms with E-state index in [1.807, 2.05) is 18.3 Å². The van der Waals surface area contributed by atoms with Gasteiger partial charge in [-0.3, -0.25) is 0 Å². The van der Waals surface area contributed by atoms with Crippen LogP contribution < -0.4 is 0 Å². The van der Waals surface area contributed by atoms with E-state index in [-0.39, 0.29) is 6.10 Å². The summed E-state index contributed by atoms with van der Waals surface area (Å²) in [7, 11) is 2.01. The molecule has 0 aliphatic carbocycles. The summed E-state index contributed by atoms with van der Waals surface area (Å²) in [5.41, 5.74) is 5.38. The van der Waals surface area contributed by atoms with Gasteiger partial charge in [0.15, 0.2) is 0 Å². The summed E-state index contributed by atoms with van der Waals surface area (Å²) >= 11 is 5.82. The molecule has 0 spiro atoms. The van der Waals surface area contributed by atoms with E-state index in [9.17, 15) is 0 Å². The van der Waals surface area contributed by atoms with Crippen molar-refractivity contribution in [2.75, 3.05) is 19.5 Å². The van der Waals surface area contributed by atoms with Gasteiger partial charge in [-0.1, -0.05) is 5.16 Å². The van der Waals surface area contributed by atoms with E-state index >= 15 is 0 Å². The summed E-state index contributed by atoms with van der Waals surface area (Å²) in [6.45, 7) is 7.18. The van der Waals surface area contributed by atoms with Gasteiger partial charge in [0.2, 0.25) is 0 Å². The van der Waals surface area contributed by atoms with E-state index in [0.29, 0.717) is 5.88 Å². The minimum atomic E-state index is -0.00252. The first-order valence-electron chi connectivity index (χ1n) is 7.19. The Morgan fingerprint density at radius 3 is 2.81 bits per heavy atom. The molecular formula is C16H22ClN3O. The van der Waals surface area contributed by atoms with Crippen LogP contribution in [0.15, 0.2) is 22.3 Å². The zero-order chi connectivity index (χ0) is 15.4. The largest absolute Gasteiger partial charge is 0.391 e. The van der Waals surface area contributed by atoms with Crippen LogP contribution in [0.4, 0.5) is 5.69 Å². The number of halogens is 1. The van der Waals surface area contributed by atoms with E-state index in [1.54, 1.807) is 0 Å². The predicted octanol–water partition coefficient (Wildman–Crippen LogP) is 3.65. The van der Waals surface area contributed by atoms with Crippen molar-refractivity contribution >= 4 is 29.3 Å². The number of oxime groups is 1. The molecule has 0 fully saturated rings. The molecule has 1 unspecified atom stereocenters. The van der Waals surface area contributed by atoms with E-state index in [1.165, 1.54) is 0 Å². The summed E-state index contributed by atoms with van der Waals surface area (Å²) in [5.74, 6) is 0.469. The summed E-state index contributed by atoms with van der Waals surface area (Å²) in [4.78, 5) is 11.9. The second-order valence-electron chi connectivity index (χ2n) is 5.40. The Hall–Kier alpha value is -1.55. The lowest BCUT2D eigenvalue weighted by Crippen LogP contribution is -2.14. The Labute approximate surface area is 131 Å². The molecule has 5 heteroatoms. The van der Waals surface area contributed by atoms with E-state index in [4.69, 9.17) is 16.4 Å². The fourth-order valence-electron chi connectivity index (χ4n) is 2.16. The third-order valence-corrected chi connectivity index (χ3v) is 4.00. The molecule has 0 amide bonds. The fourth-order valence-corrected chi connectivity index (χ4v) is 2.33. The van der Waals surface area contributed by atoms with E-state index in [0.717, 1.165) is 41.1 Å². The molecule has 0 radical (unpaired) electrons. The quantitative estimate of drug-likeness (QED) is 0.473. The standard InChI is InChI=1S/C16H22ClN3O/c1-5-20(4)10-18-15-7-11(2)14(6-12(15)3)16-8-13(9-17)21-19-16/h6-7,10,13H,5,8-9H2,1-4H3. The second-order valence-corrected chi connectivity index (χ2v) is 5.70. The first kappa shape index (κ1) is 15.8. The van der Waals surface area contributed by atoms with Crippen molar-refractivity contribution < 1.29 is 4.84 Å². The first-order valence-corrected chi connectivity index (χ1v) is 7.73. The highest BCUT2D eigenvalue weighted by molar-refractivity contribution is 6.18. The lowest BCUT2D eigenvalue weighted by atomic mass is 9.97. The Kier molecular flexibility index (Phi) is 5.23. The highest BCUT2D eigenvalue weighted by atomic mass is 35.5. The summed E-state index contributed by atoms with van der Waals surface area (Å²) < 4.78 is 0. The first-order chi connectivity index (χ1) is 10.0. The van der Waals surface area contributed by atoms with Gasteiger partial charge in [-0.25, -0.2) is 4.99 Å². The number of hydrogen-bond acceptors (Lipinski definition) is 3. The topological polar surface area (TPSA) is 37.2 Å². The van der Waals surface area contributed by atoms with Crippen LogP contribution in [0.25, 0.3) is 0 Å². The molecule has 21 heavy (non-hydrogen) atoms. The molecular weight excluding hydrogens is 286 g/mol. The van der Waals surface area contributed by atoms with Crippen LogP contribution in [0.5, 0.6) is 0 Å². The molecule has 1 aliphatic rings. The summed E-state index contributed by atoms with van der Waals surface area (Å²) in [6, 6.07) is 4.23. The van der Waals surface area contributed by atoms with Crippen molar-refractivity contribution in [3.05, 3.63) is 28.8 Å². The number of benzene rings is 1. The van der Waals surface area contributed by atoms with Gasteiger partial charge in [0, 0.05) is 25.6 Å². The Balaban J connectivity index is 2.24. The zero-order valence-corrected chi connectivity index (χ0v) is 13.8. The summed E-state index contributed by atoms with van der Waals surface area (Å²) in [5, 5.41) is 4.16. The maximum atomic E-state index is 5.82. The number of hydrogen-bond donors (Lipinski definition) is 0. The van der Waals surface area contributed by atoms with Crippen LogP contribution >= 0.6 is 11.6 Å². The molecule has 114 valence electrons. The Morgan fingerprint density at radius 2 is 2.19 bits per heavy atom. The van der Waals surface area contributed by atoms with Crippen LogP contribution in [0, 0.1) is 13.8 Å². The third-order valence-electron chi connectivity index (χ3n) is 3.65. The molecule has 1 atom stereocenters. The van der Waals surface area contributed by atoms with Gasteiger partial charge in [0.1, 0.15) is 6.10 Å². The number of nitrogens with zero attached hydrogens (tertiary/aromatic N) is 3. The molecule has 0 N–H and O–H groups in total. The molecule has 1 aromatic rings. The highest BCUT2D eigenvalue weighted by Crippen LogP contribution is 2.27. The van der Waals surface area contributed by atoms with Gasteiger partial charge >= 0.3 is 0 Å². The molecule has 0 aromatic heterocycles. The minimum Gasteiger partial charge on any atom is -0.391 e. The van der Waals surface area contributed by atoms with Crippen LogP contribution in [0.3, 0.4) is 0 Å². The zero-order valence-electron chi connectivity index (χ0n) is 13.1. The van der Waals surface area contributed by atoms with Gasteiger partial charge in [-0.05, 0) is 44.0 Å². The van der Waals surface area contributed by atoms with Crippen molar-refractivity contribution in [3.63, 3.8) is 0 Å².